The van der Waals surface area contributed by atoms with Gasteiger partial charge in [0.2, 0.25) is 10.0 Å². The highest BCUT2D eigenvalue weighted by Gasteiger charge is 2.05. The standard InChI is InChI=1S/C23H21NO4S/c1-29(26,27)24-21-13-11-20(12-14-21)23(25)15-10-18-8-5-9-22(16-18)28-17-19-6-3-2-4-7-19/h2-16,24H,17H2,1H3/b15-10+. The van der Waals surface area contributed by atoms with Crippen LogP contribution in [0.15, 0.2) is 84.9 Å². The number of benzene rings is 3. The van der Waals surface area contributed by atoms with Crippen LogP contribution in [0.4, 0.5) is 5.69 Å². The zero-order valence-corrected chi connectivity index (χ0v) is 16.7. The lowest BCUT2D eigenvalue weighted by Crippen LogP contribution is -2.09. The number of carbonyl (C=O) groups is 1. The van der Waals surface area contributed by atoms with Crippen LogP contribution in [-0.2, 0) is 16.6 Å². The molecule has 0 aliphatic rings. The molecule has 0 spiro atoms. The largest absolute Gasteiger partial charge is 0.489 e. The number of sulfonamides is 1. The Morgan fingerprint density at radius 1 is 0.966 bits per heavy atom. The smallest absolute Gasteiger partial charge is 0.229 e. The third-order valence-corrected chi connectivity index (χ3v) is 4.61. The van der Waals surface area contributed by atoms with Crippen molar-refractivity contribution in [3.8, 4) is 5.75 Å². The van der Waals surface area contributed by atoms with Gasteiger partial charge in [0.25, 0.3) is 0 Å². The van der Waals surface area contributed by atoms with Crippen LogP contribution >= 0.6 is 0 Å². The second kappa shape index (κ2) is 9.21. The Balaban J connectivity index is 1.62. The highest BCUT2D eigenvalue weighted by molar-refractivity contribution is 7.92. The molecule has 0 aliphatic carbocycles. The van der Waals surface area contributed by atoms with E-state index in [0.717, 1.165) is 23.1 Å². The molecule has 0 unspecified atom stereocenters. The van der Waals surface area contributed by atoms with E-state index in [0.29, 0.717) is 17.9 Å². The maximum Gasteiger partial charge on any atom is 0.229 e. The average Bonchev–Trinajstić information content (AvgIpc) is 2.71. The maximum absolute atomic E-state index is 12.4. The van der Waals surface area contributed by atoms with E-state index >= 15 is 0 Å². The van der Waals surface area contributed by atoms with Crippen LogP contribution < -0.4 is 9.46 Å². The van der Waals surface area contributed by atoms with E-state index in [-0.39, 0.29) is 5.78 Å². The number of anilines is 1. The Kier molecular flexibility index (Phi) is 6.46. The molecular formula is C23H21NO4S. The van der Waals surface area contributed by atoms with E-state index in [4.69, 9.17) is 4.74 Å². The van der Waals surface area contributed by atoms with E-state index in [1.54, 1.807) is 30.3 Å². The van der Waals surface area contributed by atoms with Gasteiger partial charge in [0.05, 0.1) is 6.26 Å². The normalized spacial score (nSPS) is 11.3. The third kappa shape index (κ3) is 6.62. The highest BCUT2D eigenvalue weighted by Crippen LogP contribution is 2.17. The number of hydrogen-bond acceptors (Lipinski definition) is 4. The molecule has 3 aromatic carbocycles. The lowest BCUT2D eigenvalue weighted by molar-refractivity contribution is 0.104. The van der Waals surface area contributed by atoms with Crippen LogP contribution in [0, 0.1) is 0 Å². The molecule has 0 radical (unpaired) electrons. The lowest BCUT2D eigenvalue weighted by Gasteiger charge is -2.07. The molecule has 0 saturated carbocycles. The fraction of sp³-hybridized carbons (Fsp3) is 0.0870. The minimum atomic E-state index is -3.34. The van der Waals surface area contributed by atoms with Gasteiger partial charge >= 0.3 is 0 Å². The van der Waals surface area contributed by atoms with Gasteiger partial charge in [-0.3, -0.25) is 9.52 Å². The summed E-state index contributed by atoms with van der Waals surface area (Å²) in [5, 5.41) is 0. The zero-order valence-electron chi connectivity index (χ0n) is 15.9. The molecule has 0 amide bonds. The van der Waals surface area contributed by atoms with Crippen molar-refractivity contribution in [2.75, 3.05) is 11.0 Å². The number of ketones is 1. The Morgan fingerprint density at radius 2 is 1.69 bits per heavy atom. The van der Waals surface area contributed by atoms with Gasteiger partial charge < -0.3 is 4.74 Å². The first-order valence-corrected chi connectivity index (χ1v) is 10.9. The van der Waals surface area contributed by atoms with Crippen LogP contribution in [0.5, 0.6) is 5.75 Å². The van der Waals surface area contributed by atoms with Crippen molar-refractivity contribution in [3.05, 3.63) is 102 Å². The summed E-state index contributed by atoms with van der Waals surface area (Å²) in [5.74, 6) is 0.547. The van der Waals surface area contributed by atoms with Crippen molar-refractivity contribution >= 4 is 27.6 Å². The number of nitrogens with one attached hydrogen (secondary N) is 1. The summed E-state index contributed by atoms with van der Waals surface area (Å²) < 4.78 is 30.6. The quantitative estimate of drug-likeness (QED) is 0.440. The number of ether oxygens (including phenoxy) is 1. The van der Waals surface area contributed by atoms with Crippen molar-refractivity contribution in [3.63, 3.8) is 0 Å². The van der Waals surface area contributed by atoms with Crippen molar-refractivity contribution in [1.82, 2.24) is 0 Å². The number of rotatable bonds is 8. The summed E-state index contributed by atoms with van der Waals surface area (Å²) in [6.45, 7) is 0.473. The first-order valence-electron chi connectivity index (χ1n) is 8.96. The van der Waals surface area contributed by atoms with Gasteiger partial charge in [-0.2, -0.15) is 0 Å². The molecule has 3 aromatic rings. The van der Waals surface area contributed by atoms with Gasteiger partial charge in [-0.1, -0.05) is 48.5 Å². The monoisotopic (exact) mass is 407 g/mol. The first-order chi connectivity index (χ1) is 13.9. The van der Waals surface area contributed by atoms with Crippen LogP contribution in [0.25, 0.3) is 6.08 Å². The molecule has 29 heavy (non-hydrogen) atoms. The minimum absolute atomic E-state index is 0.175. The molecule has 0 aromatic heterocycles. The Labute approximate surface area is 170 Å². The van der Waals surface area contributed by atoms with Crippen molar-refractivity contribution < 1.29 is 17.9 Å². The Morgan fingerprint density at radius 3 is 2.38 bits per heavy atom. The summed E-state index contributed by atoms with van der Waals surface area (Å²) in [5.41, 5.74) is 2.81. The van der Waals surface area contributed by atoms with Crippen molar-refractivity contribution in [2.24, 2.45) is 0 Å². The predicted molar refractivity (Wildman–Crippen MR) is 115 cm³/mol. The first kappa shape index (κ1) is 20.4. The summed E-state index contributed by atoms with van der Waals surface area (Å²) in [7, 11) is -3.34. The molecule has 0 atom stereocenters. The molecular weight excluding hydrogens is 386 g/mol. The number of carbonyl (C=O) groups excluding carboxylic acids is 1. The molecule has 0 heterocycles. The van der Waals surface area contributed by atoms with Gasteiger partial charge in [0.15, 0.2) is 5.78 Å². The number of allylic oxidation sites excluding steroid dienone is 1. The molecule has 148 valence electrons. The van der Waals surface area contributed by atoms with Crippen LogP contribution in [0.2, 0.25) is 0 Å². The summed E-state index contributed by atoms with van der Waals surface area (Å²) in [6.07, 6.45) is 4.28. The van der Waals surface area contributed by atoms with Gasteiger partial charge in [-0.15, -0.1) is 0 Å². The van der Waals surface area contributed by atoms with E-state index in [2.05, 4.69) is 4.72 Å². The number of hydrogen-bond donors (Lipinski definition) is 1. The molecule has 5 nitrogen and oxygen atoms in total. The van der Waals surface area contributed by atoms with Crippen LogP contribution in [0.1, 0.15) is 21.5 Å². The second-order valence-electron chi connectivity index (χ2n) is 6.50. The Bertz CT molecular complexity index is 1110. The van der Waals surface area contributed by atoms with E-state index in [9.17, 15) is 13.2 Å². The third-order valence-electron chi connectivity index (χ3n) is 4.01. The summed E-state index contributed by atoms with van der Waals surface area (Å²) in [6, 6.07) is 23.7. The van der Waals surface area contributed by atoms with E-state index in [1.165, 1.54) is 6.08 Å². The van der Waals surface area contributed by atoms with Crippen LogP contribution in [-0.4, -0.2) is 20.5 Å². The summed E-state index contributed by atoms with van der Waals surface area (Å²) in [4.78, 5) is 12.4. The predicted octanol–water partition coefficient (Wildman–Crippen LogP) is 4.53. The van der Waals surface area contributed by atoms with Crippen molar-refractivity contribution in [1.29, 1.82) is 0 Å². The van der Waals surface area contributed by atoms with Gasteiger partial charge in [-0.05, 0) is 53.6 Å². The van der Waals surface area contributed by atoms with Gasteiger partial charge in [0, 0.05) is 11.3 Å². The fourth-order valence-electron chi connectivity index (χ4n) is 2.63. The molecule has 3 rings (SSSR count). The fourth-order valence-corrected chi connectivity index (χ4v) is 3.20. The van der Waals surface area contributed by atoms with E-state index < -0.39 is 10.0 Å². The molecule has 0 aliphatic heterocycles. The molecule has 0 bridgehead atoms. The highest BCUT2D eigenvalue weighted by atomic mass is 32.2. The SMILES string of the molecule is CS(=O)(=O)Nc1ccc(C(=O)/C=C/c2cccc(OCc3ccccc3)c2)cc1. The zero-order chi connectivity index (χ0) is 20.7. The Hall–Kier alpha value is -3.38. The summed E-state index contributed by atoms with van der Waals surface area (Å²) >= 11 is 0. The molecule has 6 heteroatoms. The topological polar surface area (TPSA) is 72.5 Å². The average molecular weight is 407 g/mol. The minimum Gasteiger partial charge on any atom is -0.489 e. The lowest BCUT2D eigenvalue weighted by atomic mass is 10.1. The van der Waals surface area contributed by atoms with Gasteiger partial charge in [0.1, 0.15) is 12.4 Å². The molecule has 1 N–H and O–H groups in total. The van der Waals surface area contributed by atoms with Gasteiger partial charge in [-0.25, -0.2) is 8.42 Å². The maximum atomic E-state index is 12.4. The molecule has 0 saturated heterocycles. The second-order valence-corrected chi connectivity index (χ2v) is 8.24. The van der Waals surface area contributed by atoms with Crippen molar-refractivity contribution in [2.45, 2.75) is 6.61 Å². The van der Waals surface area contributed by atoms with E-state index in [1.807, 2.05) is 54.6 Å². The molecule has 0 fully saturated rings. The van der Waals surface area contributed by atoms with Crippen LogP contribution in [0.3, 0.4) is 0 Å².